The van der Waals surface area contributed by atoms with Gasteiger partial charge in [-0.15, -0.1) is 45.3 Å². The smallest absolute Gasteiger partial charge is 0.135 e. The van der Waals surface area contributed by atoms with E-state index in [2.05, 4.69) is 34.2 Å². The summed E-state index contributed by atoms with van der Waals surface area (Å²) in [7, 11) is 0. The molecule has 0 N–H and O–H groups in total. The maximum atomic E-state index is 9.73. The number of hydrogen-bond donors (Lipinski definition) is 0. The van der Waals surface area contributed by atoms with Crippen LogP contribution in [0, 0.1) is 22.7 Å². The van der Waals surface area contributed by atoms with E-state index in [1.54, 1.807) is 22.7 Å². The number of para-hydroxylation sites is 2. The Kier molecular flexibility index (Phi) is 5.29. The quantitative estimate of drug-likeness (QED) is 0.224. The fourth-order valence-corrected chi connectivity index (χ4v) is 7.73. The lowest BCUT2D eigenvalue weighted by molar-refractivity contribution is 1.44. The zero-order valence-corrected chi connectivity index (χ0v) is 20.6. The molecule has 34 heavy (non-hydrogen) atoms. The molecule has 0 amide bonds. The standard InChI is InChI=1S/C26H12N4S4/c27-13-15(25-29-19-5-1-3-7-21(19)33-25)9-17-11-23-24(31-17)12-18(32-23)10-16(14-28)26-30-20-6-2-4-8-22(20)34-26/h1-12H. The lowest BCUT2D eigenvalue weighted by Gasteiger charge is -1.92. The van der Waals surface area contributed by atoms with Crippen molar-refractivity contribution < 1.29 is 0 Å². The van der Waals surface area contributed by atoms with E-state index in [1.807, 2.05) is 60.7 Å². The van der Waals surface area contributed by atoms with Crippen molar-refractivity contribution in [1.29, 1.82) is 10.5 Å². The molecule has 0 radical (unpaired) electrons. The number of fused-ring (bicyclic) bond motifs is 3. The molecule has 0 fully saturated rings. The van der Waals surface area contributed by atoms with Gasteiger partial charge in [0.25, 0.3) is 0 Å². The Morgan fingerprint density at radius 3 is 1.47 bits per heavy atom. The highest BCUT2D eigenvalue weighted by molar-refractivity contribution is 7.28. The fourth-order valence-electron chi connectivity index (χ4n) is 3.56. The monoisotopic (exact) mass is 508 g/mol. The molecule has 2 aromatic carbocycles. The summed E-state index contributed by atoms with van der Waals surface area (Å²) in [5, 5.41) is 20.9. The number of hydrogen-bond acceptors (Lipinski definition) is 8. The first kappa shape index (κ1) is 20.9. The van der Waals surface area contributed by atoms with Gasteiger partial charge in [-0.3, -0.25) is 0 Å². The van der Waals surface area contributed by atoms with Crippen LogP contribution in [0.3, 0.4) is 0 Å². The van der Waals surface area contributed by atoms with E-state index in [0.29, 0.717) is 11.1 Å². The number of nitrogens with zero attached hydrogens (tertiary/aromatic N) is 4. The number of aromatic nitrogens is 2. The first-order valence-electron chi connectivity index (χ1n) is 10.2. The fraction of sp³-hybridized carbons (Fsp3) is 0. The van der Waals surface area contributed by atoms with Gasteiger partial charge in [0.05, 0.1) is 31.6 Å². The third-order valence-corrected chi connectivity index (χ3v) is 9.43. The van der Waals surface area contributed by atoms with Crippen molar-refractivity contribution in [3.63, 3.8) is 0 Å². The number of rotatable bonds is 4. The second kappa shape index (κ2) is 8.60. The predicted octanol–water partition coefficient (Wildman–Crippen LogP) is 8.31. The van der Waals surface area contributed by atoms with Crippen LogP contribution in [0.2, 0.25) is 0 Å². The summed E-state index contributed by atoms with van der Waals surface area (Å²) >= 11 is 6.33. The van der Waals surface area contributed by atoms with Crippen LogP contribution in [-0.2, 0) is 0 Å². The summed E-state index contributed by atoms with van der Waals surface area (Å²) in [5.41, 5.74) is 2.96. The third kappa shape index (κ3) is 3.83. The lowest BCUT2D eigenvalue weighted by Crippen LogP contribution is -1.78. The van der Waals surface area contributed by atoms with E-state index in [0.717, 1.165) is 49.6 Å². The van der Waals surface area contributed by atoms with Crippen LogP contribution in [-0.4, -0.2) is 9.97 Å². The van der Waals surface area contributed by atoms with Crippen LogP contribution in [0.4, 0.5) is 0 Å². The van der Waals surface area contributed by atoms with Gasteiger partial charge in [-0.05, 0) is 48.6 Å². The second-order valence-corrected chi connectivity index (χ2v) is 11.6. The highest BCUT2D eigenvalue weighted by atomic mass is 32.1. The van der Waals surface area contributed by atoms with Crippen molar-refractivity contribution in [3.05, 3.63) is 80.4 Å². The van der Waals surface area contributed by atoms with Gasteiger partial charge in [0.15, 0.2) is 0 Å². The van der Waals surface area contributed by atoms with Crippen LogP contribution in [0.5, 0.6) is 0 Å². The average Bonchev–Trinajstić information content (AvgIpc) is 3.62. The van der Waals surface area contributed by atoms with Crippen molar-refractivity contribution >= 4 is 98.5 Å². The first-order chi connectivity index (χ1) is 16.7. The Labute approximate surface area is 210 Å². The Balaban J connectivity index is 1.32. The van der Waals surface area contributed by atoms with Gasteiger partial charge in [-0.25, -0.2) is 9.97 Å². The number of thiophene rings is 2. The van der Waals surface area contributed by atoms with Gasteiger partial charge in [0.1, 0.15) is 22.2 Å². The van der Waals surface area contributed by atoms with E-state index < -0.39 is 0 Å². The molecule has 0 saturated carbocycles. The normalized spacial score (nSPS) is 12.4. The predicted molar refractivity (Wildman–Crippen MR) is 146 cm³/mol. The highest BCUT2D eigenvalue weighted by Gasteiger charge is 2.13. The van der Waals surface area contributed by atoms with Crippen molar-refractivity contribution in [2.75, 3.05) is 0 Å². The Morgan fingerprint density at radius 2 is 1.06 bits per heavy atom. The van der Waals surface area contributed by atoms with Crippen molar-refractivity contribution in [2.24, 2.45) is 0 Å². The zero-order valence-electron chi connectivity index (χ0n) is 17.4. The molecule has 0 bridgehead atoms. The topological polar surface area (TPSA) is 73.4 Å². The van der Waals surface area contributed by atoms with Crippen LogP contribution >= 0.6 is 45.3 Å². The molecular formula is C26H12N4S4. The van der Waals surface area contributed by atoms with E-state index in [9.17, 15) is 10.5 Å². The molecule has 0 aliphatic heterocycles. The molecule has 4 nitrogen and oxygen atoms in total. The average molecular weight is 509 g/mol. The summed E-state index contributed by atoms with van der Waals surface area (Å²) < 4.78 is 4.41. The zero-order chi connectivity index (χ0) is 23.1. The van der Waals surface area contributed by atoms with Gasteiger partial charge >= 0.3 is 0 Å². The molecule has 6 aromatic rings. The van der Waals surface area contributed by atoms with Crippen molar-refractivity contribution in [1.82, 2.24) is 9.97 Å². The van der Waals surface area contributed by atoms with Gasteiger partial charge in [0.2, 0.25) is 0 Å². The maximum Gasteiger partial charge on any atom is 0.135 e. The SMILES string of the molecule is N#CC(=Cc1cc2sc(C=C(C#N)c3nc4ccccc4s3)cc2s1)c1nc2ccccc2s1. The molecule has 6 rings (SSSR count). The molecule has 8 heteroatoms. The van der Waals surface area contributed by atoms with Crippen LogP contribution in [0.15, 0.2) is 60.7 Å². The van der Waals surface area contributed by atoms with E-state index in [1.165, 1.54) is 22.7 Å². The maximum absolute atomic E-state index is 9.73. The van der Waals surface area contributed by atoms with Gasteiger partial charge in [0, 0.05) is 19.2 Å². The van der Waals surface area contributed by atoms with Crippen molar-refractivity contribution in [2.45, 2.75) is 0 Å². The molecule has 0 atom stereocenters. The summed E-state index contributed by atoms with van der Waals surface area (Å²) in [6, 6.07) is 24.6. The minimum absolute atomic E-state index is 0.567. The largest absolute Gasteiger partial charge is 0.235 e. The Bertz CT molecular complexity index is 1620. The molecule has 4 heterocycles. The molecule has 0 spiro atoms. The summed E-state index contributed by atoms with van der Waals surface area (Å²) in [6.07, 6.45) is 3.82. The molecule has 0 aliphatic rings. The third-order valence-electron chi connectivity index (χ3n) is 5.11. The summed E-state index contributed by atoms with van der Waals surface area (Å²) in [6.45, 7) is 0. The molecule has 0 saturated heterocycles. The summed E-state index contributed by atoms with van der Waals surface area (Å²) in [5.74, 6) is 0. The second-order valence-electron chi connectivity index (χ2n) is 7.34. The van der Waals surface area contributed by atoms with E-state index in [4.69, 9.17) is 0 Å². The molecular weight excluding hydrogens is 497 g/mol. The van der Waals surface area contributed by atoms with Crippen LogP contribution in [0.1, 0.15) is 19.8 Å². The minimum atomic E-state index is 0.567. The number of benzene rings is 2. The van der Waals surface area contributed by atoms with Crippen LogP contribution in [0.25, 0.3) is 53.1 Å². The highest BCUT2D eigenvalue weighted by Crippen LogP contribution is 2.37. The number of thiazole rings is 2. The number of allylic oxidation sites excluding steroid dienone is 2. The van der Waals surface area contributed by atoms with Gasteiger partial charge in [-0.2, -0.15) is 10.5 Å². The lowest BCUT2D eigenvalue weighted by atomic mass is 10.2. The molecule has 160 valence electrons. The minimum Gasteiger partial charge on any atom is -0.235 e. The molecule has 0 unspecified atom stereocenters. The first-order valence-corrected chi connectivity index (χ1v) is 13.5. The molecule has 4 aromatic heterocycles. The van der Waals surface area contributed by atoms with E-state index >= 15 is 0 Å². The van der Waals surface area contributed by atoms with Gasteiger partial charge in [-0.1, -0.05) is 24.3 Å². The Morgan fingerprint density at radius 1 is 0.618 bits per heavy atom. The summed E-state index contributed by atoms with van der Waals surface area (Å²) in [4.78, 5) is 11.3. The molecule has 0 aliphatic carbocycles. The van der Waals surface area contributed by atoms with Gasteiger partial charge < -0.3 is 0 Å². The Hall–Kier alpha value is -3.66. The number of nitriles is 2. The van der Waals surface area contributed by atoms with Crippen LogP contribution < -0.4 is 0 Å². The van der Waals surface area contributed by atoms with Crippen molar-refractivity contribution in [3.8, 4) is 12.1 Å². The van der Waals surface area contributed by atoms with E-state index in [-0.39, 0.29) is 0 Å².